The number of nitrogens with zero attached hydrogens (tertiary/aromatic N) is 2. The van der Waals surface area contributed by atoms with Gasteiger partial charge in [0.05, 0.1) is 5.69 Å². The summed E-state index contributed by atoms with van der Waals surface area (Å²) in [7, 11) is 1.46. The van der Waals surface area contributed by atoms with Gasteiger partial charge in [-0.05, 0) is 36.8 Å². The van der Waals surface area contributed by atoms with Crippen LogP contribution in [0.4, 0.5) is 4.39 Å². The Balaban J connectivity index is 2.28. The number of esters is 1. The summed E-state index contributed by atoms with van der Waals surface area (Å²) in [5, 5.41) is 3.91. The number of carbonyl (C=O) groups is 1. The molecule has 0 amide bonds. The van der Waals surface area contributed by atoms with Crippen molar-refractivity contribution in [1.82, 2.24) is 9.78 Å². The molecule has 0 aliphatic rings. The summed E-state index contributed by atoms with van der Waals surface area (Å²) >= 11 is 0. The van der Waals surface area contributed by atoms with E-state index in [1.54, 1.807) is 19.1 Å². The lowest BCUT2D eigenvalue weighted by Crippen LogP contribution is -2.13. The molecular weight excluding hydrogens is 295 g/mol. The third kappa shape index (κ3) is 3.78. The van der Waals surface area contributed by atoms with Gasteiger partial charge in [0, 0.05) is 7.05 Å². The van der Waals surface area contributed by atoms with E-state index in [0.717, 1.165) is 16.7 Å². The van der Waals surface area contributed by atoms with Crippen LogP contribution in [-0.2, 0) is 7.05 Å². The zero-order valence-electron chi connectivity index (χ0n) is 14.3. The predicted molar refractivity (Wildman–Crippen MR) is 87.2 cm³/mol. The zero-order valence-corrected chi connectivity index (χ0v) is 14.3. The molecular formula is C18H23FN2O2. The molecule has 1 atom stereocenters. The molecule has 0 N–H and O–H groups in total. The van der Waals surface area contributed by atoms with Crippen molar-refractivity contribution in [1.29, 1.82) is 0 Å². The molecule has 1 heterocycles. The molecule has 0 saturated carbocycles. The molecule has 0 radical (unpaired) electrons. The number of aryl methyl sites for hydroxylation is 2. The maximum Gasteiger partial charge on any atom is 0.350 e. The van der Waals surface area contributed by atoms with Crippen LogP contribution in [0.2, 0.25) is 0 Å². The van der Waals surface area contributed by atoms with Gasteiger partial charge in [0.2, 0.25) is 5.95 Å². The molecule has 0 bridgehead atoms. The highest BCUT2D eigenvalue weighted by atomic mass is 19.1. The Morgan fingerprint density at radius 1 is 1.30 bits per heavy atom. The maximum absolute atomic E-state index is 14.0. The minimum atomic E-state index is -0.711. The summed E-state index contributed by atoms with van der Waals surface area (Å²) in [6.07, 6.45) is 0.981. The normalized spacial score (nSPS) is 12.5. The largest absolute Gasteiger partial charge is 0.422 e. The van der Waals surface area contributed by atoms with Crippen LogP contribution < -0.4 is 4.74 Å². The molecule has 1 aromatic heterocycles. The van der Waals surface area contributed by atoms with Gasteiger partial charge in [-0.1, -0.05) is 39.0 Å². The van der Waals surface area contributed by atoms with Gasteiger partial charge < -0.3 is 4.74 Å². The number of hydrogen-bond acceptors (Lipinski definition) is 3. The molecule has 0 aliphatic heterocycles. The first kappa shape index (κ1) is 17.2. The fraction of sp³-hybridized carbons (Fsp3) is 0.444. The predicted octanol–water partition coefficient (Wildman–Crippen LogP) is 4.24. The van der Waals surface area contributed by atoms with E-state index in [-0.39, 0.29) is 11.5 Å². The molecule has 2 rings (SSSR count). The third-order valence-electron chi connectivity index (χ3n) is 3.83. The van der Waals surface area contributed by atoms with E-state index in [9.17, 15) is 9.18 Å². The molecule has 124 valence electrons. The molecule has 1 unspecified atom stereocenters. The first-order valence-corrected chi connectivity index (χ1v) is 7.81. The van der Waals surface area contributed by atoms with Crippen molar-refractivity contribution < 1.29 is 13.9 Å². The second-order valence-electron chi connectivity index (χ2n) is 6.33. The highest BCUT2D eigenvalue weighted by Gasteiger charge is 2.24. The molecule has 4 nitrogen and oxygen atoms in total. The van der Waals surface area contributed by atoms with Crippen LogP contribution >= 0.6 is 0 Å². The Kier molecular flexibility index (Phi) is 5.19. The topological polar surface area (TPSA) is 44.1 Å². The molecule has 0 aliphatic carbocycles. The number of halogens is 1. The minimum absolute atomic E-state index is 0.112. The number of ether oxygens (including phenoxy) is 1. The Hall–Kier alpha value is -2.17. The van der Waals surface area contributed by atoms with Crippen LogP contribution in [0.1, 0.15) is 54.7 Å². The van der Waals surface area contributed by atoms with Crippen molar-refractivity contribution in [2.24, 2.45) is 13.0 Å². The SMILES string of the molecule is Cc1nn(C)c(F)c1C(=O)Oc1ccccc1C(C)CC(C)C. The molecule has 5 heteroatoms. The average molecular weight is 318 g/mol. The molecule has 0 spiro atoms. The number of aromatic nitrogens is 2. The highest BCUT2D eigenvalue weighted by Crippen LogP contribution is 2.31. The monoisotopic (exact) mass is 318 g/mol. The number of para-hydroxylation sites is 1. The number of rotatable bonds is 5. The Morgan fingerprint density at radius 2 is 1.96 bits per heavy atom. The lowest BCUT2D eigenvalue weighted by atomic mass is 9.91. The van der Waals surface area contributed by atoms with Gasteiger partial charge in [-0.3, -0.25) is 0 Å². The number of hydrogen-bond donors (Lipinski definition) is 0. The summed E-state index contributed by atoms with van der Waals surface area (Å²) < 4.78 is 20.5. The van der Waals surface area contributed by atoms with E-state index < -0.39 is 11.9 Å². The Morgan fingerprint density at radius 3 is 2.52 bits per heavy atom. The first-order valence-electron chi connectivity index (χ1n) is 7.81. The Bertz CT molecular complexity index is 707. The summed E-state index contributed by atoms with van der Waals surface area (Å²) in [4.78, 5) is 12.4. The van der Waals surface area contributed by atoms with E-state index in [1.165, 1.54) is 7.05 Å². The molecule has 0 saturated heterocycles. The van der Waals surface area contributed by atoms with Crippen molar-refractivity contribution >= 4 is 5.97 Å². The molecule has 2 aromatic rings. The van der Waals surface area contributed by atoms with Crippen LogP contribution in [-0.4, -0.2) is 15.7 Å². The van der Waals surface area contributed by atoms with E-state index in [0.29, 0.717) is 17.4 Å². The highest BCUT2D eigenvalue weighted by molar-refractivity contribution is 5.92. The van der Waals surface area contributed by atoms with Gasteiger partial charge in [0.25, 0.3) is 0 Å². The molecule has 1 aromatic carbocycles. The summed E-state index contributed by atoms with van der Waals surface area (Å²) in [6.45, 7) is 7.99. The van der Waals surface area contributed by atoms with Crippen molar-refractivity contribution in [3.8, 4) is 5.75 Å². The third-order valence-corrected chi connectivity index (χ3v) is 3.83. The van der Waals surface area contributed by atoms with E-state index in [4.69, 9.17) is 4.74 Å². The van der Waals surface area contributed by atoms with Crippen LogP contribution in [0.15, 0.2) is 24.3 Å². The van der Waals surface area contributed by atoms with Gasteiger partial charge in [-0.2, -0.15) is 9.49 Å². The van der Waals surface area contributed by atoms with Gasteiger partial charge in [0.1, 0.15) is 11.3 Å². The minimum Gasteiger partial charge on any atom is -0.422 e. The lowest BCUT2D eigenvalue weighted by Gasteiger charge is -2.17. The lowest BCUT2D eigenvalue weighted by molar-refractivity contribution is 0.0726. The molecule has 23 heavy (non-hydrogen) atoms. The van der Waals surface area contributed by atoms with Crippen molar-refractivity contribution in [2.45, 2.75) is 40.0 Å². The summed E-state index contributed by atoms with van der Waals surface area (Å²) in [6, 6.07) is 7.41. The standard InChI is InChI=1S/C18H23FN2O2/c1-11(2)10-12(3)14-8-6-7-9-15(14)23-18(22)16-13(4)20-21(5)17(16)19/h6-9,11-12H,10H2,1-5H3. The number of carbonyl (C=O) groups excluding carboxylic acids is 1. The summed E-state index contributed by atoms with van der Waals surface area (Å²) in [5.74, 6) is -0.128. The fourth-order valence-corrected chi connectivity index (χ4v) is 2.83. The van der Waals surface area contributed by atoms with E-state index in [2.05, 4.69) is 25.9 Å². The van der Waals surface area contributed by atoms with E-state index >= 15 is 0 Å². The van der Waals surface area contributed by atoms with Gasteiger partial charge in [0.15, 0.2) is 0 Å². The van der Waals surface area contributed by atoms with Gasteiger partial charge in [-0.25, -0.2) is 9.48 Å². The van der Waals surface area contributed by atoms with Crippen molar-refractivity contribution in [3.63, 3.8) is 0 Å². The van der Waals surface area contributed by atoms with Crippen LogP contribution in [0.25, 0.3) is 0 Å². The second kappa shape index (κ2) is 6.94. The number of benzene rings is 1. The smallest absolute Gasteiger partial charge is 0.350 e. The van der Waals surface area contributed by atoms with Crippen molar-refractivity contribution in [3.05, 3.63) is 47.0 Å². The van der Waals surface area contributed by atoms with Crippen LogP contribution in [0.5, 0.6) is 5.75 Å². The maximum atomic E-state index is 14.0. The van der Waals surface area contributed by atoms with Crippen molar-refractivity contribution in [2.75, 3.05) is 0 Å². The van der Waals surface area contributed by atoms with Gasteiger partial charge >= 0.3 is 5.97 Å². The Labute approximate surface area is 136 Å². The van der Waals surface area contributed by atoms with E-state index in [1.807, 2.05) is 12.1 Å². The van der Waals surface area contributed by atoms with Gasteiger partial charge in [-0.15, -0.1) is 0 Å². The summed E-state index contributed by atoms with van der Waals surface area (Å²) in [5.41, 5.74) is 1.16. The quantitative estimate of drug-likeness (QED) is 0.612. The van der Waals surface area contributed by atoms with Crippen LogP contribution in [0.3, 0.4) is 0 Å². The second-order valence-corrected chi connectivity index (χ2v) is 6.33. The molecule has 0 fully saturated rings. The van der Waals surface area contributed by atoms with Crippen LogP contribution in [0, 0.1) is 18.8 Å². The zero-order chi connectivity index (χ0) is 17.1. The fourth-order valence-electron chi connectivity index (χ4n) is 2.83. The first-order chi connectivity index (χ1) is 10.8. The average Bonchev–Trinajstić information content (AvgIpc) is 2.71.